The Labute approximate surface area is 93.9 Å². The van der Waals surface area contributed by atoms with E-state index in [-0.39, 0.29) is 28.9 Å². The third-order valence-electron chi connectivity index (χ3n) is 2.18. The molecule has 0 fully saturated rings. The van der Waals surface area contributed by atoms with Crippen LogP contribution in [0.2, 0.25) is 0 Å². The maximum absolute atomic E-state index is 11.6. The summed E-state index contributed by atoms with van der Waals surface area (Å²) in [6, 6.07) is 3.75. The smallest absolute Gasteiger partial charge is 0.251 e. The van der Waals surface area contributed by atoms with Gasteiger partial charge in [-0.1, -0.05) is 6.92 Å². The summed E-state index contributed by atoms with van der Waals surface area (Å²) in [4.78, 5) is 11.6. The van der Waals surface area contributed by atoms with E-state index in [4.69, 9.17) is 5.73 Å². The molecular formula is C11H16N2O3. The van der Waals surface area contributed by atoms with Gasteiger partial charge in [0.05, 0.1) is 0 Å². The Bertz CT molecular complexity index is 359. The summed E-state index contributed by atoms with van der Waals surface area (Å²) in [7, 11) is 0. The molecule has 5 heteroatoms. The molecule has 1 atom stereocenters. The van der Waals surface area contributed by atoms with Gasteiger partial charge in [0.2, 0.25) is 0 Å². The Morgan fingerprint density at radius 3 is 2.44 bits per heavy atom. The van der Waals surface area contributed by atoms with Gasteiger partial charge in [0.15, 0.2) is 0 Å². The minimum Gasteiger partial charge on any atom is -0.508 e. The molecule has 0 aliphatic carbocycles. The molecule has 88 valence electrons. The standard InChI is InChI=1S/C11H16N2O3/c1-7(5-12)6-13-11(16)8-2-9(14)4-10(15)3-8/h2-4,7,14-15H,5-6,12H2,1H3,(H,13,16). The van der Waals surface area contributed by atoms with Crippen molar-refractivity contribution in [2.45, 2.75) is 6.92 Å². The van der Waals surface area contributed by atoms with Gasteiger partial charge in [-0.15, -0.1) is 0 Å². The van der Waals surface area contributed by atoms with Gasteiger partial charge in [-0.3, -0.25) is 4.79 Å². The SMILES string of the molecule is CC(CN)CNC(=O)c1cc(O)cc(O)c1. The average Bonchev–Trinajstić information content (AvgIpc) is 2.23. The first-order valence-electron chi connectivity index (χ1n) is 5.04. The van der Waals surface area contributed by atoms with Crippen LogP contribution in [0.4, 0.5) is 0 Å². The zero-order valence-corrected chi connectivity index (χ0v) is 9.10. The van der Waals surface area contributed by atoms with Crippen molar-refractivity contribution in [3.8, 4) is 11.5 Å². The average molecular weight is 224 g/mol. The van der Waals surface area contributed by atoms with Gasteiger partial charge in [0.25, 0.3) is 5.91 Å². The molecule has 0 spiro atoms. The van der Waals surface area contributed by atoms with Crippen LogP contribution in [-0.2, 0) is 0 Å². The monoisotopic (exact) mass is 224 g/mol. The molecule has 0 aliphatic rings. The fraction of sp³-hybridized carbons (Fsp3) is 0.364. The second-order valence-electron chi connectivity index (χ2n) is 3.79. The predicted molar refractivity (Wildman–Crippen MR) is 60.3 cm³/mol. The van der Waals surface area contributed by atoms with Crippen LogP contribution in [0, 0.1) is 5.92 Å². The summed E-state index contributed by atoms with van der Waals surface area (Å²) >= 11 is 0. The van der Waals surface area contributed by atoms with Crippen LogP contribution >= 0.6 is 0 Å². The number of benzene rings is 1. The zero-order valence-electron chi connectivity index (χ0n) is 9.10. The van der Waals surface area contributed by atoms with Crippen molar-refractivity contribution in [1.82, 2.24) is 5.32 Å². The molecule has 1 amide bonds. The highest BCUT2D eigenvalue weighted by Gasteiger charge is 2.09. The second kappa shape index (κ2) is 5.37. The number of rotatable bonds is 4. The summed E-state index contributed by atoms with van der Waals surface area (Å²) in [5, 5.41) is 21.1. The maximum atomic E-state index is 11.6. The van der Waals surface area contributed by atoms with Gasteiger partial charge < -0.3 is 21.3 Å². The number of hydrogen-bond donors (Lipinski definition) is 4. The van der Waals surface area contributed by atoms with Gasteiger partial charge in [0, 0.05) is 18.2 Å². The number of phenols is 2. The van der Waals surface area contributed by atoms with E-state index in [1.165, 1.54) is 18.2 Å². The lowest BCUT2D eigenvalue weighted by Gasteiger charge is -2.10. The van der Waals surface area contributed by atoms with E-state index in [9.17, 15) is 15.0 Å². The molecule has 5 N–H and O–H groups in total. The summed E-state index contributed by atoms with van der Waals surface area (Å²) in [6.07, 6.45) is 0. The largest absolute Gasteiger partial charge is 0.508 e. The van der Waals surface area contributed by atoms with Crippen molar-refractivity contribution in [1.29, 1.82) is 0 Å². The van der Waals surface area contributed by atoms with Crippen LogP contribution in [0.1, 0.15) is 17.3 Å². The van der Waals surface area contributed by atoms with Crippen molar-refractivity contribution in [3.05, 3.63) is 23.8 Å². The highest BCUT2D eigenvalue weighted by molar-refractivity contribution is 5.95. The Morgan fingerprint density at radius 1 is 1.38 bits per heavy atom. The first-order chi connectivity index (χ1) is 7.52. The van der Waals surface area contributed by atoms with Crippen LogP contribution in [0.15, 0.2) is 18.2 Å². The molecule has 0 radical (unpaired) electrons. The molecule has 0 aromatic heterocycles. The molecule has 0 saturated heterocycles. The minimum atomic E-state index is -0.341. The van der Waals surface area contributed by atoms with E-state index in [1.54, 1.807) is 0 Å². The topological polar surface area (TPSA) is 95.6 Å². The number of hydrogen-bond acceptors (Lipinski definition) is 4. The maximum Gasteiger partial charge on any atom is 0.251 e. The van der Waals surface area contributed by atoms with Crippen molar-refractivity contribution in [3.63, 3.8) is 0 Å². The van der Waals surface area contributed by atoms with Gasteiger partial charge in [-0.2, -0.15) is 0 Å². The Morgan fingerprint density at radius 2 is 1.94 bits per heavy atom. The van der Waals surface area contributed by atoms with Crippen LogP contribution in [0.5, 0.6) is 11.5 Å². The number of amides is 1. The lowest BCUT2D eigenvalue weighted by molar-refractivity contribution is 0.0947. The first kappa shape index (κ1) is 12.3. The summed E-state index contributed by atoms with van der Waals surface area (Å²) < 4.78 is 0. The Kier molecular flexibility index (Phi) is 4.13. The highest BCUT2D eigenvalue weighted by atomic mass is 16.3. The number of aromatic hydroxyl groups is 2. The number of carbonyl (C=O) groups excluding carboxylic acids is 1. The van der Waals surface area contributed by atoms with E-state index < -0.39 is 0 Å². The number of nitrogens with two attached hydrogens (primary N) is 1. The summed E-state index contributed by atoms with van der Waals surface area (Å²) in [5.74, 6) is -0.435. The van der Waals surface area contributed by atoms with E-state index >= 15 is 0 Å². The summed E-state index contributed by atoms with van der Waals surface area (Å²) in [6.45, 7) is 2.87. The zero-order chi connectivity index (χ0) is 12.1. The third-order valence-corrected chi connectivity index (χ3v) is 2.18. The van der Waals surface area contributed by atoms with Gasteiger partial charge in [0.1, 0.15) is 11.5 Å². The fourth-order valence-electron chi connectivity index (χ4n) is 1.18. The Balaban J connectivity index is 2.66. The summed E-state index contributed by atoms with van der Waals surface area (Å²) in [5.41, 5.74) is 5.64. The second-order valence-corrected chi connectivity index (χ2v) is 3.79. The molecule has 16 heavy (non-hydrogen) atoms. The molecule has 0 aliphatic heterocycles. The van der Waals surface area contributed by atoms with Gasteiger partial charge in [-0.25, -0.2) is 0 Å². The van der Waals surface area contributed by atoms with Crippen molar-refractivity contribution in [2.24, 2.45) is 11.7 Å². The van der Waals surface area contributed by atoms with Gasteiger partial charge >= 0.3 is 0 Å². The van der Waals surface area contributed by atoms with Gasteiger partial charge in [-0.05, 0) is 24.6 Å². The fourth-order valence-corrected chi connectivity index (χ4v) is 1.18. The molecule has 1 aromatic rings. The molecule has 0 saturated carbocycles. The normalized spacial score (nSPS) is 12.1. The van der Waals surface area contributed by atoms with E-state index in [2.05, 4.69) is 5.32 Å². The molecule has 0 heterocycles. The van der Waals surface area contributed by atoms with Crippen molar-refractivity contribution < 1.29 is 15.0 Å². The molecular weight excluding hydrogens is 208 g/mol. The van der Waals surface area contributed by atoms with Crippen LogP contribution in [0.3, 0.4) is 0 Å². The minimum absolute atomic E-state index is 0.142. The molecule has 1 aromatic carbocycles. The lowest BCUT2D eigenvalue weighted by Crippen LogP contribution is -2.31. The van der Waals surface area contributed by atoms with Crippen molar-refractivity contribution in [2.75, 3.05) is 13.1 Å². The number of phenolic OH excluding ortho intramolecular Hbond substituents is 2. The van der Waals surface area contributed by atoms with E-state index in [0.29, 0.717) is 13.1 Å². The third kappa shape index (κ3) is 3.43. The Hall–Kier alpha value is -1.75. The van der Waals surface area contributed by atoms with E-state index in [1.807, 2.05) is 6.92 Å². The molecule has 0 bridgehead atoms. The molecule has 5 nitrogen and oxygen atoms in total. The molecule has 1 unspecified atom stereocenters. The van der Waals surface area contributed by atoms with Crippen LogP contribution in [0.25, 0.3) is 0 Å². The highest BCUT2D eigenvalue weighted by Crippen LogP contribution is 2.20. The predicted octanol–water partition coefficient (Wildman–Crippen LogP) is 0.422. The quantitative estimate of drug-likeness (QED) is 0.596. The van der Waals surface area contributed by atoms with Crippen molar-refractivity contribution >= 4 is 5.91 Å². The van der Waals surface area contributed by atoms with Crippen LogP contribution in [-0.4, -0.2) is 29.2 Å². The number of nitrogens with one attached hydrogen (secondary N) is 1. The van der Waals surface area contributed by atoms with E-state index in [0.717, 1.165) is 0 Å². The van der Waals surface area contributed by atoms with Crippen LogP contribution < -0.4 is 11.1 Å². The first-order valence-corrected chi connectivity index (χ1v) is 5.04. The molecule has 1 rings (SSSR count). The number of carbonyl (C=O) groups is 1. The lowest BCUT2D eigenvalue weighted by atomic mass is 10.1.